The topological polar surface area (TPSA) is 36.4 Å². The summed E-state index contributed by atoms with van der Waals surface area (Å²) in [5.74, 6) is 0.0959. The molecule has 1 aromatic heterocycles. The number of halogens is 2. The monoisotopic (exact) mass is 509 g/mol. The van der Waals surface area contributed by atoms with Crippen LogP contribution in [0.15, 0.2) is 40.9 Å². The number of aryl methyl sites for hydroxylation is 2. The minimum atomic E-state index is 0. The fourth-order valence-corrected chi connectivity index (χ4v) is 4.85. The maximum absolute atomic E-state index is 13.3. The van der Waals surface area contributed by atoms with Crippen molar-refractivity contribution in [1.29, 1.82) is 0 Å². The van der Waals surface area contributed by atoms with Gasteiger partial charge in [-0.2, -0.15) is 0 Å². The van der Waals surface area contributed by atoms with Gasteiger partial charge in [-0.1, -0.05) is 59.3 Å². The van der Waals surface area contributed by atoms with Crippen molar-refractivity contribution in [2.45, 2.75) is 34.1 Å². The van der Waals surface area contributed by atoms with E-state index in [1.165, 1.54) is 11.1 Å². The second-order valence-corrected chi connectivity index (χ2v) is 9.20. The largest absolute Gasteiger partial charge is 0.302 e. The number of aromatic nitrogens is 1. The number of carbonyl (C=O) groups is 1. The van der Waals surface area contributed by atoms with E-state index in [1.54, 1.807) is 11.3 Å². The normalized spacial score (nSPS) is 11.0. The Bertz CT molecular complexity index is 1000. The maximum atomic E-state index is 13.3. The van der Waals surface area contributed by atoms with Gasteiger partial charge in [0.15, 0.2) is 5.13 Å². The van der Waals surface area contributed by atoms with Crippen LogP contribution in [0.5, 0.6) is 0 Å². The first kappa shape index (κ1) is 24.8. The zero-order valence-corrected chi connectivity index (χ0v) is 21.2. The molecule has 2 aromatic carbocycles. The molecule has 0 aliphatic carbocycles. The molecule has 0 N–H and O–H groups in total. The van der Waals surface area contributed by atoms with Gasteiger partial charge in [0, 0.05) is 17.6 Å². The number of rotatable bonds is 8. The van der Waals surface area contributed by atoms with Crippen LogP contribution in [0.1, 0.15) is 30.5 Å². The average Bonchev–Trinajstić information content (AvgIpc) is 3.10. The van der Waals surface area contributed by atoms with E-state index in [9.17, 15) is 4.79 Å². The van der Waals surface area contributed by atoms with E-state index in [0.717, 1.165) is 45.0 Å². The molecule has 0 atom stereocenters. The summed E-state index contributed by atoms with van der Waals surface area (Å²) < 4.78 is 2.11. The van der Waals surface area contributed by atoms with E-state index in [2.05, 4.69) is 72.8 Å². The number of nitrogens with zero attached hydrogens (tertiary/aromatic N) is 3. The SMILES string of the molecule is CCN(CC)CCN(C(=O)Cc1ccc(C)c(C)c1)c1nc2ccc(Br)cc2s1.Cl. The van der Waals surface area contributed by atoms with Crippen molar-refractivity contribution in [2.24, 2.45) is 0 Å². The van der Waals surface area contributed by atoms with Gasteiger partial charge in [0.2, 0.25) is 5.91 Å². The Morgan fingerprint density at radius 1 is 1.03 bits per heavy atom. The molecule has 0 unspecified atom stereocenters. The lowest BCUT2D eigenvalue weighted by molar-refractivity contribution is -0.118. The van der Waals surface area contributed by atoms with Gasteiger partial charge >= 0.3 is 0 Å². The molecule has 162 valence electrons. The molecule has 0 aliphatic heterocycles. The lowest BCUT2D eigenvalue weighted by Gasteiger charge is -2.25. The molecule has 0 saturated carbocycles. The molecular weight excluding hydrogens is 482 g/mol. The molecule has 0 saturated heterocycles. The Kier molecular flexibility index (Phi) is 9.29. The van der Waals surface area contributed by atoms with Crippen molar-refractivity contribution in [2.75, 3.05) is 31.1 Å². The Hall–Kier alpha value is -1.47. The number of hydrogen-bond acceptors (Lipinski definition) is 4. The molecule has 0 radical (unpaired) electrons. The van der Waals surface area contributed by atoms with E-state index in [-0.39, 0.29) is 18.3 Å². The molecule has 3 aromatic rings. The van der Waals surface area contributed by atoms with Crippen molar-refractivity contribution >= 4 is 60.9 Å². The summed E-state index contributed by atoms with van der Waals surface area (Å²) in [6, 6.07) is 12.3. The van der Waals surface area contributed by atoms with Gasteiger partial charge in [0.1, 0.15) is 0 Å². The van der Waals surface area contributed by atoms with Gasteiger partial charge in [-0.15, -0.1) is 12.4 Å². The summed E-state index contributed by atoms with van der Waals surface area (Å²) in [6.07, 6.45) is 0.388. The standard InChI is InChI=1S/C23H28BrN3OS.ClH/c1-5-26(6-2)11-12-27(22(28)14-18-8-7-16(3)17(4)13-18)23-25-20-10-9-19(24)15-21(20)29-23;/h7-10,13,15H,5-6,11-12,14H2,1-4H3;1H. The quantitative estimate of drug-likeness (QED) is 0.372. The Labute approximate surface area is 197 Å². The molecule has 3 rings (SSSR count). The minimum Gasteiger partial charge on any atom is -0.302 e. The molecular formula is C23H29BrClN3OS. The van der Waals surface area contributed by atoms with Crippen LogP contribution in [0.2, 0.25) is 0 Å². The summed E-state index contributed by atoms with van der Waals surface area (Å²) in [7, 11) is 0. The fourth-order valence-electron chi connectivity index (χ4n) is 3.29. The van der Waals surface area contributed by atoms with Gasteiger partial charge in [-0.05, 0) is 61.8 Å². The third kappa shape index (κ3) is 6.03. The van der Waals surface area contributed by atoms with Crippen LogP contribution in [0.25, 0.3) is 10.2 Å². The molecule has 0 bridgehead atoms. The second-order valence-electron chi connectivity index (χ2n) is 7.28. The van der Waals surface area contributed by atoms with Gasteiger partial charge in [0.05, 0.1) is 16.6 Å². The highest BCUT2D eigenvalue weighted by Gasteiger charge is 2.21. The highest BCUT2D eigenvalue weighted by atomic mass is 79.9. The number of fused-ring (bicyclic) bond motifs is 1. The lowest BCUT2D eigenvalue weighted by atomic mass is 10.0. The second kappa shape index (κ2) is 11.2. The summed E-state index contributed by atoms with van der Waals surface area (Å²) >= 11 is 5.10. The minimum absolute atomic E-state index is 0. The summed E-state index contributed by atoms with van der Waals surface area (Å²) in [5.41, 5.74) is 4.45. The van der Waals surface area contributed by atoms with E-state index in [0.29, 0.717) is 13.0 Å². The third-order valence-corrected chi connectivity index (χ3v) is 6.87. The highest BCUT2D eigenvalue weighted by Crippen LogP contribution is 2.31. The van der Waals surface area contributed by atoms with E-state index < -0.39 is 0 Å². The van der Waals surface area contributed by atoms with Gasteiger partial charge < -0.3 is 4.90 Å². The molecule has 7 heteroatoms. The molecule has 0 aliphatic rings. The van der Waals surface area contributed by atoms with Crippen LogP contribution >= 0.6 is 39.7 Å². The van der Waals surface area contributed by atoms with Crippen LogP contribution < -0.4 is 4.90 Å². The first-order chi connectivity index (χ1) is 13.9. The molecule has 0 spiro atoms. The number of benzene rings is 2. The number of anilines is 1. The fraction of sp³-hybridized carbons (Fsp3) is 0.391. The zero-order valence-electron chi connectivity index (χ0n) is 17.9. The van der Waals surface area contributed by atoms with E-state index in [4.69, 9.17) is 4.98 Å². The van der Waals surface area contributed by atoms with Crippen LogP contribution in [0.3, 0.4) is 0 Å². The first-order valence-electron chi connectivity index (χ1n) is 10.1. The lowest BCUT2D eigenvalue weighted by Crippen LogP contribution is -2.39. The summed E-state index contributed by atoms with van der Waals surface area (Å²) in [4.78, 5) is 22.3. The van der Waals surface area contributed by atoms with Gasteiger partial charge in [0.25, 0.3) is 0 Å². The van der Waals surface area contributed by atoms with Gasteiger partial charge in [-0.25, -0.2) is 4.98 Å². The molecule has 4 nitrogen and oxygen atoms in total. The zero-order chi connectivity index (χ0) is 21.0. The summed E-state index contributed by atoms with van der Waals surface area (Å²) in [6.45, 7) is 11.9. The Morgan fingerprint density at radius 2 is 1.77 bits per heavy atom. The Balaban J connectivity index is 0.00000320. The highest BCUT2D eigenvalue weighted by molar-refractivity contribution is 9.10. The Morgan fingerprint density at radius 3 is 2.43 bits per heavy atom. The summed E-state index contributed by atoms with van der Waals surface area (Å²) in [5, 5.41) is 0.777. The van der Waals surface area contributed by atoms with Crippen LogP contribution in [-0.2, 0) is 11.2 Å². The van der Waals surface area contributed by atoms with Gasteiger partial charge in [-0.3, -0.25) is 9.69 Å². The van der Waals surface area contributed by atoms with E-state index in [1.807, 2.05) is 17.0 Å². The van der Waals surface area contributed by atoms with Crippen LogP contribution in [0.4, 0.5) is 5.13 Å². The van der Waals surface area contributed by atoms with Crippen molar-refractivity contribution in [1.82, 2.24) is 9.88 Å². The van der Waals surface area contributed by atoms with Crippen molar-refractivity contribution in [3.63, 3.8) is 0 Å². The maximum Gasteiger partial charge on any atom is 0.233 e. The molecule has 1 amide bonds. The van der Waals surface area contributed by atoms with E-state index >= 15 is 0 Å². The predicted octanol–water partition coefficient (Wildman–Crippen LogP) is 6.01. The van der Waals surface area contributed by atoms with Crippen molar-refractivity contribution in [3.05, 3.63) is 57.6 Å². The number of carbonyl (C=O) groups excluding carboxylic acids is 1. The third-order valence-electron chi connectivity index (χ3n) is 5.33. The van der Waals surface area contributed by atoms with Crippen molar-refractivity contribution in [3.8, 4) is 0 Å². The predicted molar refractivity (Wildman–Crippen MR) is 134 cm³/mol. The number of hydrogen-bond donors (Lipinski definition) is 0. The first-order valence-corrected chi connectivity index (χ1v) is 11.7. The van der Waals surface area contributed by atoms with Crippen LogP contribution in [-0.4, -0.2) is 42.0 Å². The molecule has 1 heterocycles. The smallest absolute Gasteiger partial charge is 0.233 e. The van der Waals surface area contributed by atoms with Crippen LogP contribution in [0, 0.1) is 13.8 Å². The number of likely N-dealkylation sites (N-methyl/N-ethyl adjacent to an activating group) is 1. The van der Waals surface area contributed by atoms with Crippen molar-refractivity contribution < 1.29 is 4.79 Å². The number of amides is 1. The number of thiazole rings is 1. The molecule has 30 heavy (non-hydrogen) atoms. The molecule has 0 fully saturated rings. The average molecular weight is 511 g/mol.